The summed E-state index contributed by atoms with van der Waals surface area (Å²) in [5, 5.41) is 11.4. The minimum atomic E-state index is -0.443. The predicted molar refractivity (Wildman–Crippen MR) is 123 cm³/mol. The number of benzene rings is 2. The van der Waals surface area contributed by atoms with E-state index >= 15 is 0 Å². The minimum absolute atomic E-state index is 0.145. The Kier molecular flexibility index (Phi) is 7.23. The van der Waals surface area contributed by atoms with E-state index in [1.54, 1.807) is 38.5 Å². The van der Waals surface area contributed by atoms with Crippen LogP contribution in [0.5, 0.6) is 17.2 Å². The third-order valence-electron chi connectivity index (χ3n) is 5.55. The summed E-state index contributed by atoms with van der Waals surface area (Å²) in [5.41, 5.74) is 2.63. The number of rotatable bonds is 9. The third-order valence-corrected chi connectivity index (χ3v) is 5.55. The molecule has 166 valence electrons. The molecule has 0 amide bonds. The van der Waals surface area contributed by atoms with Crippen molar-refractivity contribution >= 4 is 11.0 Å². The molecule has 6 nitrogen and oxygen atoms in total. The summed E-state index contributed by atoms with van der Waals surface area (Å²) in [7, 11) is 3.13. The van der Waals surface area contributed by atoms with Crippen molar-refractivity contribution in [2.75, 3.05) is 27.3 Å². The molecule has 0 aliphatic heterocycles. The number of aryl methyl sites for hydroxylation is 1. The summed E-state index contributed by atoms with van der Waals surface area (Å²) < 4.78 is 16.5. The van der Waals surface area contributed by atoms with Crippen molar-refractivity contribution in [2.24, 2.45) is 0 Å². The second-order valence-corrected chi connectivity index (χ2v) is 7.68. The quantitative estimate of drug-likeness (QED) is 0.480. The zero-order valence-corrected chi connectivity index (χ0v) is 18.9. The van der Waals surface area contributed by atoms with Crippen molar-refractivity contribution in [2.45, 2.75) is 40.2 Å². The first-order chi connectivity index (χ1) is 14.9. The molecule has 1 aromatic heterocycles. The van der Waals surface area contributed by atoms with Crippen LogP contribution in [-0.2, 0) is 6.54 Å². The van der Waals surface area contributed by atoms with Crippen LogP contribution in [0.2, 0.25) is 0 Å². The van der Waals surface area contributed by atoms with Gasteiger partial charge in [0, 0.05) is 11.9 Å². The lowest BCUT2D eigenvalue weighted by Gasteiger charge is -2.22. The third kappa shape index (κ3) is 4.54. The molecule has 0 saturated heterocycles. The maximum Gasteiger partial charge on any atom is 0.344 e. The van der Waals surface area contributed by atoms with Gasteiger partial charge in [-0.05, 0) is 68.2 Å². The lowest BCUT2D eigenvalue weighted by atomic mass is 9.97. The Morgan fingerprint density at radius 3 is 2.29 bits per heavy atom. The summed E-state index contributed by atoms with van der Waals surface area (Å²) in [5.74, 6) is 1.28. The van der Waals surface area contributed by atoms with E-state index in [9.17, 15) is 9.90 Å². The van der Waals surface area contributed by atoms with Crippen molar-refractivity contribution in [3.8, 4) is 28.4 Å². The first-order valence-electron chi connectivity index (χ1n) is 10.7. The van der Waals surface area contributed by atoms with Gasteiger partial charge in [0.05, 0.1) is 25.3 Å². The van der Waals surface area contributed by atoms with Crippen LogP contribution in [0.25, 0.3) is 22.1 Å². The second kappa shape index (κ2) is 9.88. The van der Waals surface area contributed by atoms with Crippen LogP contribution in [0.1, 0.15) is 37.8 Å². The van der Waals surface area contributed by atoms with Gasteiger partial charge in [-0.3, -0.25) is 4.90 Å². The molecule has 0 fully saturated rings. The molecular weight excluding hydrogens is 394 g/mol. The Hall–Kier alpha value is -2.99. The predicted octanol–water partition coefficient (Wildman–Crippen LogP) is 5.11. The van der Waals surface area contributed by atoms with Crippen LogP contribution in [-0.4, -0.2) is 37.3 Å². The highest BCUT2D eigenvalue weighted by molar-refractivity contribution is 5.90. The highest BCUT2D eigenvalue weighted by Crippen LogP contribution is 2.36. The van der Waals surface area contributed by atoms with Gasteiger partial charge in [-0.1, -0.05) is 19.9 Å². The van der Waals surface area contributed by atoms with Gasteiger partial charge in [0.1, 0.15) is 11.3 Å². The lowest BCUT2D eigenvalue weighted by Crippen LogP contribution is -2.25. The number of hydrogen-bond acceptors (Lipinski definition) is 6. The smallest absolute Gasteiger partial charge is 0.344 e. The van der Waals surface area contributed by atoms with E-state index in [1.807, 2.05) is 13.0 Å². The molecule has 31 heavy (non-hydrogen) atoms. The molecule has 0 aliphatic rings. The van der Waals surface area contributed by atoms with E-state index in [1.165, 1.54) is 0 Å². The number of hydrogen-bond donors (Lipinski definition) is 1. The molecule has 0 radical (unpaired) electrons. The number of nitrogens with zero attached hydrogens (tertiary/aromatic N) is 1. The molecule has 0 aliphatic carbocycles. The number of phenols is 1. The molecule has 0 unspecified atom stereocenters. The average molecular weight is 426 g/mol. The fourth-order valence-electron chi connectivity index (χ4n) is 4.07. The van der Waals surface area contributed by atoms with Crippen LogP contribution >= 0.6 is 0 Å². The largest absolute Gasteiger partial charge is 0.507 e. The maximum absolute atomic E-state index is 13.1. The first kappa shape index (κ1) is 22.7. The Labute approximate surface area is 183 Å². The first-order valence-corrected chi connectivity index (χ1v) is 10.7. The van der Waals surface area contributed by atoms with Crippen LogP contribution < -0.4 is 15.1 Å². The molecule has 0 atom stereocenters. The Bertz CT molecular complexity index is 1110. The molecule has 0 saturated carbocycles. The number of aromatic hydroxyl groups is 1. The van der Waals surface area contributed by atoms with Gasteiger partial charge in [-0.15, -0.1) is 0 Å². The van der Waals surface area contributed by atoms with Gasteiger partial charge >= 0.3 is 5.63 Å². The van der Waals surface area contributed by atoms with E-state index in [0.717, 1.165) is 36.9 Å². The van der Waals surface area contributed by atoms with E-state index in [4.69, 9.17) is 13.9 Å². The molecule has 1 heterocycles. The molecular formula is C25H31NO5. The summed E-state index contributed by atoms with van der Waals surface area (Å²) in [6.07, 6.45) is 2.02. The molecule has 1 N–H and O–H groups in total. The SMILES string of the molecule is CCCN(CCC)Cc1c(O)ccc2c(C)c(-c3ccc(OC)c(OC)c3)c(=O)oc12. The lowest BCUT2D eigenvalue weighted by molar-refractivity contribution is 0.262. The Morgan fingerprint density at radius 2 is 1.68 bits per heavy atom. The van der Waals surface area contributed by atoms with Crippen LogP contribution in [0.15, 0.2) is 39.5 Å². The zero-order valence-electron chi connectivity index (χ0n) is 18.9. The van der Waals surface area contributed by atoms with Gasteiger partial charge in [-0.2, -0.15) is 0 Å². The van der Waals surface area contributed by atoms with Crippen molar-refractivity contribution in [1.82, 2.24) is 4.90 Å². The molecule has 0 bridgehead atoms. The summed E-state index contributed by atoms with van der Waals surface area (Å²) >= 11 is 0. The van der Waals surface area contributed by atoms with E-state index in [-0.39, 0.29) is 5.75 Å². The number of methoxy groups -OCH3 is 2. The van der Waals surface area contributed by atoms with Gasteiger partial charge in [0.25, 0.3) is 0 Å². The highest BCUT2D eigenvalue weighted by Gasteiger charge is 2.20. The summed E-state index contributed by atoms with van der Waals surface area (Å²) in [4.78, 5) is 15.3. The number of phenolic OH excluding ortho intramolecular Hbond substituents is 1. The second-order valence-electron chi connectivity index (χ2n) is 7.68. The van der Waals surface area contributed by atoms with E-state index in [2.05, 4.69) is 18.7 Å². The van der Waals surface area contributed by atoms with Crippen LogP contribution in [0, 0.1) is 6.92 Å². The summed E-state index contributed by atoms with van der Waals surface area (Å²) in [6, 6.07) is 8.85. The van der Waals surface area contributed by atoms with Gasteiger partial charge in [-0.25, -0.2) is 4.79 Å². The number of fused-ring (bicyclic) bond motifs is 1. The molecule has 6 heteroatoms. The molecule has 0 spiro atoms. The standard InChI is InChI=1S/C25H31NO5/c1-6-12-26(13-7-2)15-19-20(27)10-9-18-16(3)23(25(28)31-24(18)19)17-8-11-21(29-4)22(14-17)30-5/h8-11,14,27H,6-7,12-13,15H2,1-5H3. The maximum atomic E-state index is 13.1. The van der Waals surface area contributed by atoms with Crippen molar-refractivity contribution in [3.05, 3.63) is 51.9 Å². The van der Waals surface area contributed by atoms with Crippen LogP contribution in [0.3, 0.4) is 0 Å². The average Bonchev–Trinajstić information content (AvgIpc) is 2.76. The Balaban J connectivity index is 2.17. The van der Waals surface area contributed by atoms with Gasteiger partial charge < -0.3 is 19.0 Å². The normalized spacial score (nSPS) is 11.3. The van der Waals surface area contributed by atoms with Crippen LogP contribution in [0.4, 0.5) is 0 Å². The monoisotopic (exact) mass is 425 g/mol. The zero-order chi connectivity index (χ0) is 22.5. The topological polar surface area (TPSA) is 72.1 Å². The van der Waals surface area contributed by atoms with E-state index in [0.29, 0.717) is 40.3 Å². The number of ether oxygens (including phenoxy) is 2. The van der Waals surface area contributed by atoms with Crippen molar-refractivity contribution in [3.63, 3.8) is 0 Å². The minimum Gasteiger partial charge on any atom is -0.507 e. The fraction of sp³-hybridized carbons (Fsp3) is 0.400. The van der Waals surface area contributed by atoms with Gasteiger partial charge in [0.2, 0.25) is 0 Å². The van der Waals surface area contributed by atoms with Crippen molar-refractivity contribution in [1.29, 1.82) is 0 Å². The van der Waals surface area contributed by atoms with E-state index < -0.39 is 5.63 Å². The Morgan fingerprint density at radius 1 is 1.00 bits per heavy atom. The van der Waals surface area contributed by atoms with Crippen molar-refractivity contribution < 1.29 is 19.0 Å². The van der Waals surface area contributed by atoms with Gasteiger partial charge in [0.15, 0.2) is 11.5 Å². The fourth-order valence-corrected chi connectivity index (χ4v) is 4.07. The molecule has 3 rings (SSSR count). The molecule has 2 aromatic carbocycles. The highest BCUT2D eigenvalue weighted by atomic mass is 16.5. The molecule has 3 aromatic rings. The summed E-state index contributed by atoms with van der Waals surface area (Å²) in [6.45, 7) is 8.52.